The van der Waals surface area contributed by atoms with Gasteiger partial charge in [0.1, 0.15) is 24.4 Å². The van der Waals surface area contributed by atoms with E-state index in [1.807, 2.05) is 17.0 Å². The Hall–Kier alpha value is -4.17. The molecule has 2 saturated heterocycles. The largest absolute Gasteiger partial charge is 0.575 e. The third-order valence-corrected chi connectivity index (χ3v) is 10.0. The fourth-order valence-electron chi connectivity index (χ4n) is 6.36. The Morgan fingerprint density at radius 2 is 2.00 bits per heavy atom. The lowest BCUT2D eigenvalue weighted by Crippen LogP contribution is -2.42. The molecule has 2 aromatic heterocycles. The molecular weight excluding hydrogens is 644 g/mol. The number of carbonyl (C=O) groups is 1. The molecule has 7 rings (SSSR count). The van der Waals surface area contributed by atoms with E-state index >= 15 is 4.39 Å². The maximum Gasteiger partial charge on any atom is 0.395 e. The molecule has 1 unspecified atom stereocenters. The zero-order valence-corrected chi connectivity index (χ0v) is 27.5. The summed E-state index contributed by atoms with van der Waals surface area (Å²) in [6, 6.07) is 9.60. The number of hydrogen-bond donors (Lipinski definition) is 2. The van der Waals surface area contributed by atoms with Gasteiger partial charge in [-0.2, -0.15) is 9.97 Å². The number of esters is 1. The number of rotatable bonds is 10. The van der Waals surface area contributed by atoms with Gasteiger partial charge < -0.3 is 34.8 Å². The summed E-state index contributed by atoms with van der Waals surface area (Å²) in [4.78, 5) is 40.8. The number of nitrogen functional groups attached to an aromatic ring is 1. The van der Waals surface area contributed by atoms with Crippen LogP contribution in [0.5, 0.6) is 11.5 Å². The molecule has 3 N–H and O–H groups in total. The van der Waals surface area contributed by atoms with Crippen LogP contribution in [0.1, 0.15) is 52.2 Å². The number of halogens is 1. The molecule has 0 radical (unpaired) electrons. The molecule has 2 aromatic carbocycles. The second-order valence-corrected chi connectivity index (χ2v) is 13.5. The summed E-state index contributed by atoms with van der Waals surface area (Å²) in [7, 11) is -2.72. The molecule has 48 heavy (non-hydrogen) atoms. The first-order valence-electron chi connectivity index (χ1n) is 16.1. The van der Waals surface area contributed by atoms with Gasteiger partial charge in [0, 0.05) is 18.5 Å². The third-order valence-electron chi connectivity index (χ3n) is 9.13. The number of hydrogen-bond acceptors (Lipinski definition) is 13. The van der Waals surface area contributed by atoms with Crippen molar-refractivity contribution < 1.29 is 37.9 Å². The lowest BCUT2D eigenvalue weighted by molar-refractivity contribution is -0.170. The van der Waals surface area contributed by atoms with Gasteiger partial charge in [-0.1, -0.05) is 35.1 Å². The van der Waals surface area contributed by atoms with E-state index in [0.29, 0.717) is 22.4 Å². The third kappa shape index (κ3) is 6.11. The van der Waals surface area contributed by atoms with Gasteiger partial charge in [0.2, 0.25) is 11.7 Å². The summed E-state index contributed by atoms with van der Waals surface area (Å²) in [5.74, 6) is 0.298. The first kappa shape index (κ1) is 32.4. The molecule has 0 bridgehead atoms. The summed E-state index contributed by atoms with van der Waals surface area (Å²) >= 11 is 0. The molecule has 0 amide bonds. The Labute approximate surface area is 276 Å². The minimum Gasteiger partial charge on any atom is -0.575 e. The van der Waals surface area contributed by atoms with Gasteiger partial charge in [-0.25, -0.2) is 14.2 Å². The van der Waals surface area contributed by atoms with Gasteiger partial charge in [-0.15, -0.1) is 0 Å². The average molecular weight is 682 g/mol. The van der Waals surface area contributed by atoms with Crippen molar-refractivity contribution >= 4 is 47.8 Å². The molecule has 14 nitrogen and oxygen atoms in total. The number of aromatic nitrogens is 4. The summed E-state index contributed by atoms with van der Waals surface area (Å²) < 4.78 is 44.8. The lowest BCUT2D eigenvalue weighted by Gasteiger charge is -2.32. The van der Waals surface area contributed by atoms with Gasteiger partial charge in [-0.3, -0.25) is 9.09 Å². The van der Waals surface area contributed by atoms with E-state index in [1.54, 1.807) is 24.3 Å². The summed E-state index contributed by atoms with van der Waals surface area (Å²) in [6.45, 7) is 4.12. The molecule has 16 heteroatoms. The predicted molar refractivity (Wildman–Crippen MR) is 173 cm³/mol. The Morgan fingerprint density at radius 3 is 2.75 bits per heavy atom. The smallest absolute Gasteiger partial charge is 0.395 e. The number of ether oxygens (including phenoxy) is 3. The van der Waals surface area contributed by atoms with Crippen LogP contribution < -0.4 is 24.8 Å². The molecule has 4 heterocycles. The quantitative estimate of drug-likeness (QED) is 0.182. The van der Waals surface area contributed by atoms with Crippen LogP contribution in [0, 0.1) is 0 Å². The molecule has 1 saturated carbocycles. The van der Waals surface area contributed by atoms with E-state index in [0.717, 1.165) is 50.6 Å². The zero-order valence-electron chi connectivity index (χ0n) is 26.6. The fourth-order valence-corrected chi connectivity index (χ4v) is 7.12. The second-order valence-electron chi connectivity index (χ2n) is 12.6. The molecule has 4 aromatic rings. The van der Waals surface area contributed by atoms with Gasteiger partial charge in [0.15, 0.2) is 41.2 Å². The van der Waals surface area contributed by atoms with Crippen LogP contribution in [0.25, 0.3) is 21.9 Å². The van der Waals surface area contributed by atoms with E-state index in [9.17, 15) is 14.8 Å². The molecule has 254 valence electrons. The zero-order chi connectivity index (χ0) is 33.6. The van der Waals surface area contributed by atoms with Crippen molar-refractivity contribution in [2.24, 2.45) is 4.74 Å². The van der Waals surface area contributed by atoms with E-state index in [1.165, 1.54) is 24.7 Å². The number of imidazole rings is 1. The maximum absolute atomic E-state index is 15.9. The van der Waals surface area contributed by atoms with Gasteiger partial charge in [0.05, 0.1) is 6.33 Å². The van der Waals surface area contributed by atoms with Crippen LogP contribution in [0.2, 0.25) is 0 Å². The number of benzene rings is 2. The number of nitrogens with two attached hydrogens (primary N) is 1. The SMILES string of the molecule is C[C@H](N=[P+]([O-])Oc1c(OC[C@H]2O[C@@H](n3cnc4c(N5CCC5)nc(N)nc43)[C@](C)(O)[C@@H]2F)ccc2ccccc12)C(=O)OC1CCCC1. The summed E-state index contributed by atoms with van der Waals surface area (Å²) in [5.41, 5.74) is 4.80. The minimum absolute atomic E-state index is 0.0227. The van der Waals surface area contributed by atoms with Gasteiger partial charge in [-0.05, 0) is 57.4 Å². The van der Waals surface area contributed by atoms with Gasteiger partial charge in [0.25, 0.3) is 0 Å². The van der Waals surface area contributed by atoms with E-state index < -0.39 is 44.3 Å². The Bertz CT molecular complexity index is 1860. The number of anilines is 2. The molecule has 3 fully saturated rings. The van der Waals surface area contributed by atoms with Crippen LogP contribution in [-0.4, -0.2) is 80.3 Å². The lowest BCUT2D eigenvalue weighted by atomic mass is 9.98. The van der Waals surface area contributed by atoms with Gasteiger partial charge >= 0.3 is 14.1 Å². The van der Waals surface area contributed by atoms with Crippen molar-refractivity contribution in [1.29, 1.82) is 0 Å². The molecule has 2 aliphatic heterocycles. The van der Waals surface area contributed by atoms with Crippen LogP contribution in [0.15, 0.2) is 47.5 Å². The second kappa shape index (κ2) is 13.0. The first-order valence-corrected chi connectivity index (χ1v) is 17.2. The monoisotopic (exact) mass is 681 g/mol. The highest BCUT2D eigenvalue weighted by Gasteiger charge is 2.55. The van der Waals surface area contributed by atoms with E-state index in [2.05, 4.69) is 19.7 Å². The Morgan fingerprint density at radius 1 is 1.23 bits per heavy atom. The van der Waals surface area contributed by atoms with E-state index in [4.69, 9.17) is 24.5 Å². The summed E-state index contributed by atoms with van der Waals surface area (Å²) in [5, 5.41) is 12.7. The fraction of sp³-hybridized carbons (Fsp3) is 0.500. The number of alkyl halides is 1. The number of carbonyl (C=O) groups excluding carboxylic acids is 1. The first-order chi connectivity index (χ1) is 23.1. The Balaban J connectivity index is 1.11. The maximum atomic E-state index is 15.9. The standard InChI is InChI=1S/C32H37FN7O7P/c1-18(29(41)45-20-9-4-5-10-20)38-48(43)47-25-21-11-6-3-8-19(21)12-13-22(25)44-16-23-26(33)32(2,42)30(46-23)40-17-35-24-27(39-14-7-15-39)36-31(34)37-28(24)40/h3,6,8,11-13,17-18,20,23,26,30,42H,4-5,7,9-10,14-16H2,1-2H3,(H2,34,36,37)/t18-,23+,26+,30+,32+/m0/s1. The van der Waals surface area contributed by atoms with Crippen molar-refractivity contribution in [3.8, 4) is 11.5 Å². The molecule has 3 aliphatic rings. The predicted octanol–water partition coefficient (Wildman–Crippen LogP) is 3.95. The van der Waals surface area contributed by atoms with Crippen molar-refractivity contribution in [2.75, 3.05) is 30.3 Å². The molecule has 0 spiro atoms. The highest BCUT2D eigenvalue weighted by molar-refractivity contribution is 7.34. The minimum atomic E-state index is -2.72. The van der Waals surface area contributed by atoms with Crippen molar-refractivity contribution in [3.05, 3.63) is 42.7 Å². The average Bonchev–Trinajstić information content (AvgIpc) is 3.75. The number of aliphatic hydroxyl groups is 1. The highest BCUT2D eigenvalue weighted by Crippen LogP contribution is 2.44. The Kier molecular flexibility index (Phi) is 8.79. The van der Waals surface area contributed by atoms with Crippen molar-refractivity contribution in [1.82, 2.24) is 19.5 Å². The molecule has 1 aliphatic carbocycles. The van der Waals surface area contributed by atoms with E-state index in [-0.39, 0.29) is 30.2 Å². The normalized spacial score (nSPS) is 25.4. The number of fused-ring (bicyclic) bond motifs is 2. The highest BCUT2D eigenvalue weighted by atomic mass is 31.1. The van der Waals surface area contributed by atoms with Crippen molar-refractivity contribution in [3.63, 3.8) is 0 Å². The topological polar surface area (TPSA) is 182 Å². The molecule has 6 atom stereocenters. The van der Waals surface area contributed by atoms with Crippen LogP contribution in [-0.2, 0) is 14.3 Å². The van der Waals surface area contributed by atoms with Crippen LogP contribution in [0.4, 0.5) is 16.2 Å². The molecular formula is C32H37FN7O7P. The van der Waals surface area contributed by atoms with Crippen LogP contribution in [0.3, 0.4) is 0 Å². The van der Waals surface area contributed by atoms with Crippen molar-refractivity contribution in [2.45, 2.75) is 82.2 Å². The summed E-state index contributed by atoms with van der Waals surface area (Å²) in [6.07, 6.45) is 1.60. The van der Waals surface area contributed by atoms with Crippen LogP contribution >= 0.6 is 8.17 Å². The number of nitrogens with zero attached hydrogens (tertiary/aromatic N) is 6.